The summed E-state index contributed by atoms with van der Waals surface area (Å²) in [5.74, 6) is -1.71. The number of nitrogens with one attached hydrogen (secondary N) is 1. The maximum absolute atomic E-state index is 12.6. The molecule has 0 saturated carbocycles. The van der Waals surface area contributed by atoms with Crippen LogP contribution in [0.25, 0.3) is 5.76 Å². The molecular weight excluding hydrogens is 395 g/mol. The Bertz CT molecular complexity index is 1030. The number of sulfonamides is 1. The van der Waals surface area contributed by atoms with E-state index in [1.807, 2.05) is 0 Å². The molecule has 2 N–H and O–H groups in total. The van der Waals surface area contributed by atoms with Gasteiger partial charge in [-0.05, 0) is 12.1 Å². The number of rotatable bonds is 2. The molecule has 7 nitrogen and oxygen atoms in total. The highest BCUT2D eigenvalue weighted by atomic mass is 32.2. The third kappa shape index (κ3) is 2.90. The molecular formula is C14H10F3N3O4S2. The van der Waals surface area contributed by atoms with Gasteiger partial charge in [0.05, 0.1) is 4.90 Å². The van der Waals surface area contributed by atoms with Crippen LogP contribution in [-0.4, -0.2) is 35.8 Å². The molecule has 0 bridgehead atoms. The van der Waals surface area contributed by atoms with Gasteiger partial charge in [-0.1, -0.05) is 12.1 Å². The summed E-state index contributed by atoms with van der Waals surface area (Å²) in [6.45, 7) is 0. The molecule has 0 unspecified atom stereocenters. The van der Waals surface area contributed by atoms with Crippen molar-refractivity contribution in [2.24, 2.45) is 0 Å². The van der Waals surface area contributed by atoms with E-state index in [2.05, 4.69) is 10.3 Å². The molecule has 1 amide bonds. The van der Waals surface area contributed by atoms with Gasteiger partial charge in [0.1, 0.15) is 0 Å². The summed E-state index contributed by atoms with van der Waals surface area (Å²) in [7, 11) is -3.05. The van der Waals surface area contributed by atoms with Crippen LogP contribution in [-0.2, 0) is 21.0 Å². The monoisotopic (exact) mass is 405 g/mol. The van der Waals surface area contributed by atoms with Gasteiger partial charge in [0.15, 0.2) is 22.3 Å². The number of aromatic nitrogens is 1. The van der Waals surface area contributed by atoms with Gasteiger partial charge < -0.3 is 5.11 Å². The van der Waals surface area contributed by atoms with Gasteiger partial charge in [-0.2, -0.15) is 13.2 Å². The average Bonchev–Trinajstić information content (AvgIpc) is 3.02. The Balaban J connectivity index is 2.00. The first kappa shape index (κ1) is 18.2. The minimum Gasteiger partial charge on any atom is -0.505 e. The number of carbonyl (C=O) groups is 1. The number of hydrogen-bond acceptors (Lipinski definition) is 6. The van der Waals surface area contributed by atoms with Crippen molar-refractivity contribution in [2.45, 2.75) is 11.1 Å². The minimum atomic E-state index is -4.68. The summed E-state index contributed by atoms with van der Waals surface area (Å²) >= 11 is 0.521. The molecule has 138 valence electrons. The summed E-state index contributed by atoms with van der Waals surface area (Å²) in [5.41, 5.74) is -1.88. The van der Waals surface area contributed by atoms with Gasteiger partial charge in [0.2, 0.25) is 0 Å². The normalized spacial score (nSPS) is 16.4. The van der Waals surface area contributed by atoms with Crippen molar-refractivity contribution in [3.05, 3.63) is 46.6 Å². The van der Waals surface area contributed by atoms with Crippen LogP contribution in [0.5, 0.6) is 0 Å². The number of hydrogen-bond donors (Lipinski definition) is 2. The molecule has 0 spiro atoms. The molecule has 1 aromatic carbocycles. The zero-order valence-electron chi connectivity index (χ0n) is 12.9. The van der Waals surface area contributed by atoms with E-state index < -0.39 is 39.3 Å². The maximum Gasteiger partial charge on any atom is 0.434 e. The molecule has 12 heteroatoms. The highest BCUT2D eigenvalue weighted by Crippen LogP contribution is 2.35. The lowest BCUT2D eigenvalue weighted by atomic mass is 10.1. The Hall–Kier alpha value is -2.60. The highest BCUT2D eigenvalue weighted by Gasteiger charge is 2.38. The second-order valence-electron chi connectivity index (χ2n) is 5.16. The summed E-state index contributed by atoms with van der Waals surface area (Å²) in [5, 5.41) is 12.7. The van der Waals surface area contributed by atoms with Crippen molar-refractivity contribution in [1.82, 2.24) is 9.29 Å². The number of amides is 1. The number of nitrogens with zero attached hydrogens (tertiary/aromatic N) is 2. The Morgan fingerprint density at radius 1 is 1.31 bits per heavy atom. The van der Waals surface area contributed by atoms with Crippen LogP contribution >= 0.6 is 11.3 Å². The lowest BCUT2D eigenvalue weighted by Gasteiger charge is -2.28. The molecule has 0 fully saturated rings. The fraction of sp³-hybridized carbons (Fsp3) is 0.143. The third-order valence-electron chi connectivity index (χ3n) is 3.55. The molecule has 2 aromatic rings. The third-order valence-corrected chi connectivity index (χ3v) is 6.12. The molecule has 1 aliphatic heterocycles. The van der Waals surface area contributed by atoms with Gasteiger partial charge in [-0.15, -0.1) is 11.3 Å². The topological polar surface area (TPSA) is 99.6 Å². The van der Waals surface area contributed by atoms with Crippen LogP contribution in [0.3, 0.4) is 0 Å². The molecule has 0 atom stereocenters. The number of likely N-dealkylation sites (N-methyl/N-ethyl adjacent to an activating group) is 1. The fourth-order valence-corrected chi connectivity index (χ4v) is 4.41. The van der Waals surface area contributed by atoms with Gasteiger partial charge in [0, 0.05) is 18.0 Å². The van der Waals surface area contributed by atoms with Crippen LogP contribution in [0.2, 0.25) is 0 Å². The van der Waals surface area contributed by atoms with Gasteiger partial charge in [-0.3, -0.25) is 14.4 Å². The number of fused-ring (bicyclic) bond motifs is 1. The maximum atomic E-state index is 12.6. The lowest BCUT2D eigenvalue weighted by Crippen LogP contribution is -2.37. The largest absolute Gasteiger partial charge is 0.505 e. The first-order valence-corrected chi connectivity index (χ1v) is 9.21. The number of aliphatic hydroxyl groups excluding tert-OH is 1. The van der Waals surface area contributed by atoms with Gasteiger partial charge in [-0.25, -0.2) is 13.4 Å². The Labute approximate surface area is 149 Å². The first-order valence-electron chi connectivity index (χ1n) is 6.89. The summed E-state index contributed by atoms with van der Waals surface area (Å²) < 4.78 is 63.3. The van der Waals surface area contributed by atoms with E-state index in [0.717, 1.165) is 7.05 Å². The summed E-state index contributed by atoms with van der Waals surface area (Å²) in [6.07, 6.45) is -4.68. The fourth-order valence-electron chi connectivity index (χ4n) is 2.30. The summed E-state index contributed by atoms with van der Waals surface area (Å²) in [4.78, 5) is 15.4. The molecule has 1 aliphatic rings. The molecule has 3 rings (SSSR count). The van der Waals surface area contributed by atoms with E-state index >= 15 is 0 Å². The first-order chi connectivity index (χ1) is 12.0. The number of alkyl halides is 3. The quantitative estimate of drug-likeness (QED) is 0.800. The number of carbonyl (C=O) groups excluding carboxylic acids is 1. The van der Waals surface area contributed by atoms with Crippen LogP contribution in [0, 0.1) is 0 Å². The van der Waals surface area contributed by atoms with Crippen molar-refractivity contribution in [1.29, 1.82) is 0 Å². The zero-order valence-corrected chi connectivity index (χ0v) is 14.5. The van der Waals surface area contributed by atoms with E-state index in [-0.39, 0.29) is 15.6 Å². The molecule has 0 saturated heterocycles. The number of halogens is 3. The Morgan fingerprint density at radius 2 is 1.96 bits per heavy atom. The number of benzene rings is 1. The second kappa shape index (κ2) is 5.99. The molecule has 0 aliphatic carbocycles. The average molecular weight is 405 g/mol. The predicted octanol–water partition coefficient (Wildman–Crippen LogP) is 2.66. The van der Waals surface area contributed by atoms with E-state index in [4.69, 9.17) is 0 Å². The van der Waals surface area contributed by atoms with Crippen LogP contribution in [0.4, 0.5) is 18.3 Å². The summed E-state index contributed by atoms with van der Waals surface area (Å²) in [6, 6.07) is 5.51. The van der Waals surface area contributed by atoms with E-state index in [1.165, 1.54) is 24.3 Å². The van der Waals surface area contributed by atoms with Crippen molar-refractivity contribution in [3.63, 3.8) is 0 Å². The molecule has 0 radical (unpaired) electrons. The standard InChI is InChI=1S/C14H10F3N3O4S2/c1-20-10(11(21)7-4-2-3-5-8(7)26(20,23)24)12(22)19-13-18-9(6-25-13)14(15,16)17/h2-6,21H,1H3,(H,18,19,22). The van der Waals surface area contributed by atoms with E-state index in [9.17, 15) is 31.5 Å². The van der Waals surface area contributed by atoms with Crippen molar-refractivity contribution >= 4 is 38.2 Å². The predicted molar refractivity (Wildman–Crippen MR) is 86.7 cm³/mol. The highest BCUT2D eigenvalue weighted by molar-refractivity contribution is 7.89. The van der Waals surface area contributed by atoms with E-state index in [0.29, 0.717) is 21.0 Å². The Morgan fingerprint density at radius 3 is 2.58 bits per heavy atom. The van der Waals surface area contributed by atoms with Gasteiger partial charge in [0.25, 0.3) is 15.9 Å². The lowest BCUT2D eigenvalue weighted by molar-refractivity contribution is -0.140. The smallest absolute Gasteiger partial charge is 0.434 e. The number of thiazole rings is 1. The molecule has 2 heterocycles. The molecule has 26 heavy (non-hydrogen) atoms. The van der Waals surface area contributed by atoms with Gasteiger partial charge >= 0.3 is 6.18 Å². The second-order valence-corrected chi connectivity index (χ2v) is 7.95. The minimum absolute atomic E-state index is 0.0779. The molecule has 1 aromatic heterocycles. The van der Waals surface area contributed by atoms with Crippen molar-refractivity contribution < 1.29 is 31.5 Å². The van der Waals surface area contributed by atoms with Crippen molar-refractivity contribution in [2.75, 3.05) is 12.4 Å². The van der Waals surface area contributed by atoms with Crippen LogP contribution in [0.15, 0.2) is 40.2 Å². The number of anilines is 1. The SMILES string of the molecule is CN1C(C(=O)Nc2nc(C(F)(F)F)cs2)=C(O)c2ccccc2S1(=O)=O. The van der Waals surface area contributed by atoms with Crippen LogP contribution < -0.4 is 5.32 Å². The van der Waals surface area contributed by atoms with Crippen molar-refractivity contribution in [3.8, 4) is 0 Å². The number of aliphatic hydroxyl groups is 1. The van der Waals surface area contributed by atoms with E-state index in [1.54, 1.807) is 0 Å². The Kier molecular flexibility index (Phi) is 4.19. The van der Waals surface area contributed by atoms with Crippen LogP contribution in [0.1, 0.15) is 11.3 Å². The zero-order chi connectivity index (χ0) is 19.3.